The van der Waals surface area contributed by atoms with Gasteiger partial charge in [0.05, 0.1) is 13.7 Å². The largest absolute Gasteiger partial charge is 0.457 e. The molecule has 0 spiro atoms. The molecule has 0 unspecified atom stereocenters. The quantitative estimate of drug-likeness (QED) is 0.329. The molecular formula is C15H16O3S. The van der Waals surface area contributed by atoms with Crippen molar-refractivity contribution in [2.24, 2.45) is 0 Å². The van der Waals surface area contributed by atoms with E-state index in [1.165, 1.54) is 12.0 Å². The smallest absolute Gasteiger partial charge is 0.127 e. The highest BCUT2D eigenvalue weighted by Gasteiger charge is 1.98. The minimum absolute atomic E-state index is 0.573. The van der Waals surface area contributed by atoms with E-state index in [-0.39, 0.29) is 0 Å². The Bertz CT molecular complexity index is 471. The lowest BCUT2D eigenvalue weighted by molar-refractivity contribution is -0.267. The van der Waals surface area contributed by atoms with Gasteiger partial charge in [0.1, 0.15) is 11.5 Å². The van der Waals surface area contributed by atoms with Crippen molar-refractivity contribution in [3.63, 3.8) is 0 Å². The second kappa shape index (κ2) is 7.84. The number of thioether (sulfide) groups is 1. The Morgan fingerprint density at radius 3 is 2.26 bits per heavy atom. The predicted molar refractivity (Wildman–Crippen MR) is 76.6 cm³/mol. The van der Waals surface area contributed by atoms with Gasteiger partial charge in [-0.05, 0) is 36.4 Å². The molecule has 0 amide bonds. The number of benzene rings is 2. The highest BCUT2D eigenvalue weighted by molar-refractivity contribution is 7.99. The van der Waals surface area contributed by atoms with Gasteiger partial charge in [-0.3, -0.25) is 0 Å². The molecule has 0 heterocycles. The van der Waals surface area contributed by atoms with E-state index in [1.54, 1.807) is 11.8 Å². The first-order valence-corrected chi connectivity index (χ1v) is 6.98. The lowest BCUT2D eigenvalue weighted by Gasteiger charge is -2.06. The maximum atomic E-state index is 5.72. The molecule has 0 aliphatic carbocycles. The molecule has 4 heteroatoms. The van der Waals surface area contributed by atoms with Gasteiger partial charge in [-0.2, -0.15) is 0 Å². The summed E-state index contributed by atoms with van der Waals surface area (Å²) in [6, 6.07) is 17.7. The first-order chi connectivity index (χ1) is 9.38. The summed E-state index contributed by atoms with van der Waals surface area (Å²) >= 11 is 1.71. The second-order valence-corrected chi connectivity index (χ2v) is 4.89. The standard InChI is InChI=1S/C15H16O3S/c1-16-17-11-12-19-15-9-7-14(8-10-15)18-13-5-3-2-4-6-13/h2-10H,11-12H2,1H3. The van der Waals surface area contributed by atoms with Crippen LogP contribution in [0.1, 0.15) is 0 Å². The predicted octanol–water partition coefficient (Wildman–Crippen LogP) is 4.15. The molecule has 0 radical (unpaired) electrons. The van der Waals surface area contributed by atoms with Crippen LogP contribution in [-0.4, -0.2) is 19.5 Å². The van der Waals surface area contributed by atoms with E-state index in [4.69, 9.17) is 9.62 Å². The Labute approximate surface area is 117 Å². The zero-order valence-corrected chi connectivity index (χ0v) is 11.6. The monoisotopic (exact) mass is 276 g/mol. The van der Waals surface area contributed by atoms with Crippen LogP contribution in [0.2, 0.25) is 0 Å². The highest BCUT2D eigenvalue weighted by Crippen LogP contribution is 2.24. The summed E-state index contributed by atoms with van der Waals surface area (Å²) in [7, 11) is 1.51. The average molecular weight is 276 g/mol. The molecule has 0 saturated carbocycles. The number of hydrogen-bond donors (Lipinski definition) is 0. The molecule has 0 fully saturated rings. The number of para-hydroxylation sites is 1. The van der Waals surface area contributed by atoms with Crippen molar-refractivity contribution in [2.45, 2.75) is 4.90 Å². The third kappa shape index (κ3) is 4.95. The van der Waals surface area contributed by atoms with Crippen LogP contribution >= 0.6 is 11.8 Å². The Hall–Kier alpha value is -1.49. The van der Waals surface area contributed by atoms with Crippen molar-refractivity contribution in [1.82, 2.24) is 0 Å². The fourth-order valence-corrected chi connectivity index (χ4v) is 2.22. The SMILES string of the molecule is COOCCSc1ccc(Oc2ccccc2)cc1. The summed E-state index contributed by atoms with van der Waals surface area (Å²) in [5, 5.41) is 0. The van der Waals surface area contributed by atoms with Crippen LogP contribution in [0.15, 0.2) is 59.5 Å². The molecule has 0 bridgehead atoms. The van der Waals surface area contributed by atoms with E-state index >= 15 is 0 Å². The fraction of sp³-hybridized carbons (Fsp3) is 0.200. The number of ether oxygens (including phenoxy) is 1. The zero-order valence-electron chi connectivity index (χ0n) is 10.7. The molecular weight excluding hydrogens is 260 g/mol. The number of hydrogen-bond acceptors (Lipinski definition) is 4. The van der Waals surface area contributed by atoms with E-state index in [2.05, 4.69) is 4.89 Å². The van der Waals surface area contributed by atoms with Crippen molar-refractivity contribution in [1.29, 1.82) is 0 Å². The van der Waals surface area contributed by atoms with Gasteiger partial charge in [0.25, 0.3) is 0 Å². The van der Waals surface area contributed by atoms with E-state index in [1.807, 2.05) is 54.6 Å². The maximum Gasteiger partial charge on any atom is 0.127 e. The summed E-state index contributed by atoms with van der Waals surface area (Å²) in [6.07, 6.45) is 0. The van der Waals surface area contributed by atoms with Gasteiger partial charge in [0, 0.05) is 10.6 Å². The first kappa shape index (κ1) is 13.9. The van der Waals surface area contributed by atoms with Crippen LogP contribution < -0.4 is 4.74 Å². The third-order valence-electron chi connectivity index (χ3n) is 2.36. The molecule has 0 atom stereocenters. The summed E-state index contributed by atoms with van der Waals surface area (Å²) in [6.45, 7) is 0.573. The summed E-state index contributed by atoms with van der Waals surface area (Å²) < 4.78 is 5.72. The summed E-state index contributed by atoms with van der Waals surface area (Å²) in [5.41, 5.74) is 0. The molecule has 2 rings (SSSR count). The molecule has 100 valence electrons. The average Bonchev–Trinajstić information content (AvgIpc) is 2.46. The minimum atomic E-state index is 0.573. The van der Waals surface area contributed by atoms with E-state index < -0.39 is 0 Å². The normalized spacial score (nSPS) is 10.4. The first-order valence-electron chi connectivity index (χ1n) is 6.00. The van der Waals surface area contributed by atoms with Crippen molar-refractivity contribution < 1.29 is 14.5 Å². The fourth-order valence-electron chi connectivity index (χ4n) is 1.51. The van der Waals surface area contributed by atoms with Gasteiger partial charge in [0.15, 0.2) is 0 Å². The molecule has 0 aromatic heterocycles. The molecule has 0 aliphatic rings. The van der Waals surface area contributed by atoms with Crippen LogP contribution in [0.4, 0.5) is 0 Å². The zero-order chi connectivity index (χ0) is 13.3. The summed E-state index contributed by atoms with van der Waals surface area (Å²) in [5.74, 6) is 2.53. The van der Waals surface area contributed by atoms with Crippen molar-refractivity contribution in [3.8, 4) is 11.5 Å². The van der Waals surface area contributed by atoms with Crippen LogP contribution in [-0.2, 0) is 9.78 Å². The molecule has 2 aromatic carbocycles. The van der Waals surface area contributed by atoms with Gasteiger partial charge >= 0.3 is 0 Å². The van der Waals surface area contributed by atoms with Gasteiger partial charge in [-0.1, -0.05) is 18.2 Å². The minimum Gasteiger partial charge on any atom is -0.457 e. The van der Waals surface area contributed by atoms with Crippen LogP contribution in [0.5, 0.6) is 11.5 Å². The van der Waals surface area contributed by atoms with Gasteiger partial charge < -0.3 is 4.74 Å². The van der Waals surface area contributed by atoms with E-state index in [0.29, 0.717) is 6.61 Å². The molecule has 3 nitrogen and oxygen atoms in total. The second-order valence-electron chi connectivity index (χ2n) is 3.72. The van der Waals surface area contributed by atoms with Crippen LogP contribution in [0.25, 0.3) is 0 Å². The van der Waals surface area contributed by atoms with Crippen LogP contribution in [0, 0.1) is 0 Å². The van der Waals surface area contributed by atoms with Gasteiger partial charge in [-0.15, -0.1) is 11.8 Å². The van der Waals surface area contributed by atoms with E-state index in [0.717, 1.165) is 17.3 Å². The van der Waals surface area contributed by atoms with Crippen molar-refractivity contribution >= 4 is 11.8 Å². The lowest BCUT2D eigenvalue weighted by atomic mass is 10.3. The molecule has 2 aromatic rings. The Morgan fingerprint density at radius 1 is 0.895 bits per heavy atom. The Kier molecular flexibility index (Phi) is 5.75. The highest BCUT2D eigenvalue weighted by atomic mass is 32.2. The maximum absolute atomic E-state index is 5.72. The molecule has 0 aliphatic heterocycles. The number of rotatable bonds is 7. The van der Waals surface area contributed by atoms with Gasteiger partial charge in [-0.25, -0.2) is 9.78 Å². The summed E-state index contributed by atoms with van der Waals surface area (Å²) in [4.78, 5) is 10.5. The van der Waals surface area contributed by atoms with Crippen LogP contribution in [0.3, 0.4) is 0 Å². The third-order valence-corrected chi connectivity index (χ3v) is 3.33. The molecule has 0 N–H and O–H groups in total. The van der Waals surface area contributed by atoms with Gasteiger partial charge in [0.2, 0.25) is 0 Å². The topological polar surface area (TPSA) is 27.7 Å². The lowest BCUT2D eigenvalue weighted by Crippen LogP contribution is -1.95. The molecule has 0 saturated heterocycles. The Morgan fingerprint density at radius 2 is 1.58 bits per heavy atom. The Balaban J connectivity index is 1.84. The van der Waals surface area contributed by atoms with Crippen molar-refractivity contribution in [2.75, 3.05) is 19.5 Å². The van der Waals surface area contributed by atoms with Crippen molar-refractivity contribution in [3.05, 3.63) is 54.6 Å². The van der Waals surface area contributed by atoms with E-state index in [9.17, 15) is 0 Å². The molecule has 19 heavy (non-hydrogen) atoms.